The second kappa shape index (κ2) is 6.14. The monoisotopic (exact) mass is 311 g/mol. The average molecular weight is 311 g/mol. The van der Waals surface area contributed by atoms with Crippen molar-refractivity contribution in [2.24, 2.45) is 0 Å². The van der Waals surface area contributed by atoms with Gasteiger partial charge in [-0.25, -0.2) is 0 Å². The fourth-order valence-corrected chi connectivity index (χ4v) is 3.09. The van der Waals surface area contributed by atoms with Gasteiger partial charge >= 0.3 is 0 Å². The zero-order valence-corrected chi connectivity index (χ0v) is 12.5. The second-order valence-corrected chi connectivity index (χ2v) is 5.81. The highest BCUT2D eigenvalue weighted by atomic mass is 32.1. The Morgan fingerprint density at radius 3 is 2.45 bits per heavy atom. The highest BCUT2D eigenvalue weighted by Crippen LogP contribution is 2.26. The van der Waals surface area contributed by atoms with Crippen LogP contribution in [0.5, 0.6) is 0 Å². The molecule has 1 N–H and O–H groups in total. The van der Waals surface area contributed by atoms with Crippen molar-refractivity contribution in [3.63, 3.8) is 0 Å². The first-order valence-electron chi connectivity index (χ1n) is 6.83. The summed E-state index contributed by atoms with van der Waals surface area (Å²) in [4.78, 5) is 26.7. The number of aliphatic hydroxyl groups is 1. The zero-order valence-electron chi connectivity index (χ0n) is 11.7. The molecule has 0 radical (unpaired) electrons. The number of thiophene rings is 1. The molecule has 0 fully saturated rings. The third kappa shape index (κ3) is 2.67. The molecule has 0 saturated heterocycles. The van der Waals surface area contributed by atoms with Gasteiger partial charge in [-0.1, -0.05) is 24.0 Å². The van der Waals surface area contributed by atoms with Crippen molar-refractivity contribution in [2.45, 2.75) is 13.0 Å². The van der Waals surface area contributed by atoms with Gasteiger partial charge in [-0.15, -0.1) is 11.3 Å². The van der Waals surface area contributed by atoms with Gasteiger partial charge in [0.1, 0.15) is 0 Å². The van der Waals surface area contributed by atoms with Gasteiger partial charge < -0.3 is 5.11 Å². The van der Waals surface area contributed by atoms with Crippen LogP contribution in [0.15, 0.2) is 35.7 Å². The van der Waals surface area contributed by atoms with E-state index in [1.54, 1.807) is 24.3 Å². The second-order valence-electron chi connectivity index (χ2n) is 4.82. The molecule has 22 heavy (non-hydrogen) atoms. The number of fused-ring (bicyclic) bond motifs is 1. The summed E-state index contributed by atoms with van der Waals surface area (Å²) in [5.74, 6) is 5.30. The fourth-order valence-electron chi connectivity index (χ4n) is 2.29. The van der Waals surface area contributed by atoms with E-state index in [2.05, 4.69) is 11.8 Å². The molecule has 110 valence electrons. The van der Waals surface area contributed by atoms with Gasteiger partial charge in [-0.2, -0.15) is 0 Å². The van der Waals surface area contributed by atoms with E-state index in [9.17, 15) is 9.59 Å². The van der Waals surface area contributed by atoms with Crippen LogP contribution in [-0.2, 0) is 6.54 Å². The van der Waals surface area contributed by atoms with Crippen LogP contribution in [0.3, 0.4) is 0 Å². The number of imide groups is 1. The van der Waals surface area contributed by atoms with Crippen LogP contribution >= 0.6 is 11.3 Å². The molecule has 2 amide bonds. The number of hydrogen-bond donors (Lipinski definition) is 1. The molecule has 1 aliphatic heterocycles. The molecule has 2 aromatic rings. The molecule has 0 aliphatic carbocycles. The molecule has 1 aromatic carbocycles. The lowest BCUT2D eigenvalue weighted by Gasteiger charge is -2.11. The van der Waals surface area contributed by atoms with Gasteiger partial charge in [-0.05, 0) is 18.2 Å². The first-order chi connectivity index (χ1) is 10.7. The van der Waals surface area contributed by atoms with Gasteiger partial charge in [0.05, 0.1) is 24.3 Å². The van der Waals surface area contributed by atoms with Crippen molar-refractivity contribution >= 4 is 23.2 Å². The van der Waals surface area contributed by atoms with E-state index in [-0.39, 0.29) is 25.0 Å². The number of benzene rings is 1. The summed E-state index contributed by atoms with van der Waals surface area (Å²) in [5.41, 5.74) is 1.77. The molecule has 0 spiro atoms. The Labute approximate surface area is 132 Å². The van der Waals surface area contributed by atoms with E-state index < -0.39 is 0 Å². The third-order valence-electron chi connectivity index (χ3n) is 3.32. The first kappa shape index (κ1) is 14.5. The number of hydrogen-bond acceptors (Lipinski definition) is 4. The lowest BCUT2D eigenvalue weighted by molar-refractivity contribution is 0.0644. The van der Waals surface area contributed by atoms with E-state index in [1.807, 2.05) is 11.4 Å². The van der Waals surface area contributed by atoms with Gasteiger partial charge in [-0.3, -0.25) is 14.5 Å². The molecule has 0 atom stereocenters. The van der Waals surface area contributed by atoms with Gasteiger partial charge in [0.2, 0.25) is 0 Å². The quantitative estimate of drug-likeness (QED) is 0.699. The summed E-state index contributed by atoms with van der Waals surface area (Å²) in [5, 5.41) is 10.6. The lowest BCUT2D eigenvalue weighted by atomic mass is 10.1. The highest BCUT2D eigenvalue weighted by Gasteiger charge is 2.35. The Balaban J connectivity index is 1.77. The summed E-state index contributed by atoms with van der Waals surface area (Å²) in [7, 11) is 0. The Bertz CT molecular complexity index is 762. The number of rotatable bonds is 3. The van der Waals surface area contributed by atoms with Crippen molar-refractivity contribution in [3.8, 4) is 11.8 Å². The Morgan fingerprint density at radius 2 is 1.82 bits per heavy atom. The lowest BCUT2D eigenvalue weighted by Crippen LogP contribution is -2.28. The number of aliphatic hydroxyl groups excluding tert-OH is 1. The van der Waals surface area contributed by atoms with Crippen LogP contribution in [0.2, 0.25) is 0 Å². The highest BCUT2D eigenvalue weighted by molar-refractivity contribution is 7.10. The molecular weight excluding hydrogens is 298 g/mol. The molecule has 0 unspecified atom stereocenters. The minimum atomic E-state index is -0.248. The number of carbonyl (C=O) groups is 2. The largest absolute Gasteiger partial charge is 0.395 e. The summed E-state index contributed by atoms with van der Waals surface area (Å²) >= 11 is 1.47. The van der Waals surface area contributed by atoms with Crippen molar-refractivity contribution < 1.29 is 14.7 Å². The van der Waals surface area contributed by atoms with E-state index in [0.717, 1.165) is 10.4 Å². The molecule has 2 heterocycles. The summed E-state index contributed by atoms with van der Waals surface area (Å²) in [6.07, 6.45) is 0.434. The van der Waals surface area contributed by atoms with E-state index in [4.69, 9.17) is 5.11 Å². The van der Waals surface area contributed by atoms with Gasteiger partial charge in [0.25, 0.3) is 11.8 Å². The van der Waals surface area contributed by atoms with Crippen molar-refractivity contribution in [1.29, 1.82) is 0 Å². The molecular formula is C17H13NO3S. The van der Waals surface area contributed by atoms with Crippen molar-refractivity contribution in [2.75, 3.05) is 6.61 Å². The maximum Gasteiger partial charge on any atom is 0.261 e. The van der Waals surface area contributed by atoms with Crippen LogP contribution in [-0.4, -0.2) is 28.4 Å². The summed E-state index contributed by atoms with van der Waals surface area (Å²) in [6.45, 7) is 0.303. The molecule has 1 aromatic heterocycles. The molecule has 3 rings (SSSR count). The van der Waals surface area contributed by atoms with Crippen LogP contribution in [0.4, 0.5) is 0 Å². The smallest absolute Gasteiger partial charge is 0.261 e. The summed E-state index contributed by atoms with van der Waals surface area (Å²) < 4.78 is 0. The van der Waals surface area contributed by atoms with Crippen LogP contribution in [0, 0.1) is 11.8 Å². The van der Waals surface area contributed by atoms with Crippen LogP contribution in [0.1, 0.15) is 37.6 Å². The van der Waals surface area contributed by atoms with E-state index in [0.29, 0.717) is 17.5 Å². The maximum atomic E-state index is 12.3. The molecule has 0 saturated carbocycles. The van der Waals surface area contributed by atoms with Gasteiger partial charge in [0.15, 0.2) is 0 Å². The number of nitrogens with zero attached hydrogens (tertiary/aromatic N) is 1. The topological polar surface area (TPSA) is 57.6 Å². The van der Waals surface area contributed by atoms with Crippen LogP contribution in [0.25, 0.3) is 0 Å². The Morgan fingerprint density at radius 1 is 1.14 bits per heavy atom. The Hall–Kier alpha value is -2.42. The molecule has 0 bridgehead atoms. The SMILES string of the molecule is O=C1c2ccccc2C(=O)N1Cc1cc(C#CCCO)cs1. The predicted molar refractivity (Wildman–Crippen MR) is 83.5 cm³/mol. The standard InChI is InChI=1S/C17H13NO3S/c19-8-4-3-5-12-9-13(22-11-12)10-18-16(20)14-6-1-2-7-15(14)17(18)21/h1-2,6-7,9,11,19H,4,8,10H2. The third-order valence-corrected chi connectivity index (χ3v) is 4.24. The average Bonchev–Trinajstić information content (AvgIpc) is 3.07. The molecule has 4 nitrogen and oxygen atoms in total. The number of amides is 2. The Kier molecular flexibility index (Phi) is 4.05. The van der Waals surface area contributed by atoms with E-state index in [1.165, 1.54) is 16.2 Å². The molecule has 5 heteroatoms. The predicted octanol–water partition coefficient (Wildman–Crippen LogP) is 2.28. The van der Waals surface area contributed by atoms with Crippen LogP contribution < -0.4 is 0 Å². The normalized spacial score (nSPS) is 13.0. The first-order valence-corrected chi connectivity index (χ1v) is 7.71. The number of carbonyl (C=O) groups excluding carboxylic acids is 2. The van der Waals surface area contributed by atoms with E-state index >= 15 is 0 Å². The molecule has 1 aliphatic rings. The maximum absolute atomic E-state index is 12.3. The fraction of sp³-hybridized carbons (Fsp3) is 0.176. The summed E-state index contributed by atoms with van der Waals surface area (Å²) in [6, 6.07) is 8.74. The van der Waals surface area contributed by atoms with Crippen molar-refractivity contribution in [1.82, 2.24) is 4.90 Å². The minimum absolute atomic E-state index is 0.0407. The minimum Gasteiger partial charge on any atom is -0.395 e. The zero-order chi connectivity index (χ0) is 15.5. The van der Waals surface area contributed by atoms with Gasteiger partial charge in [0, 0.05) is 22.2 Å². The van der Waals surface area contributed by atoms with Crippen molar-refractivity contribution in [3.05, 3.63) is 57.3 Å².